The average Bonchev–Trinajstić information content (AvgIpc) is 3.13. The van der Waals surface area contributed by atoms with E-state index in [0.29, 0.717) is 36.4 Å². The molecule has 6 aromatic rings. The first-order valence-corrected chi connectivity index (χ1v) is 13.6. The molecule has 0 aromatic heterocycles. The molecule has 268 valence electrons. The summed E-state index contributed by atoms with van der Waals surface area (Å²) in [5.41, 5.74) is -7.23. The zero-order valence-electron chi connectivity index (χ0n) is 24.3. The summed E-state index contributed by atoms with van der Waals surface area (Å²) in [4.78, 5) is 0. The van der Waals surface area contributed by atoms with Gasteiger partial charge >= 0.3 is 7.12 Å². The number of rotatable bonds is 6. The van der Waals surface area contributed by atoms with Crippen LogP contribution in [-0.2, 0) is 0 Å². The summed E-state index contributed by atoms with van der Waals surface area (Å²) >= 11 is 0. The van der Waals surface area contributed by atoms with E-state index in [1.54, 1.807) is 0 Å². The normalized spacial score (nSPS) is 11.6. The third-order valence-corrected chi connectivity index (χ3v) is 7.59. The monoisotopic (exact) mass is 756 g/mol. The predicted molar refractivity (Wildman–Crippen MR) is 146 cm³/mol. The van der Waals surface area contributed by atoms with Crippen LogP contribution in [0.2, 0.25) is 0 Å². The summed E-state index contributed by atoms with van der Waals surface area (Å²) in [6.07, 6.45) is 0. The largest absolute Gasteiger partial charge is 0.636 e. The Bertz CT molecular complexity index is 2390. The molecular weight excluding hydrogens is 750 g/mol. The zero-order chi connectivity index (χ0) is 38.2. The van der Waals surface area contributed by atoms with Crippen molar-refractivity contribution < 1.29 is 83.9 Å². The summed E-state index contributed by atoms with van der Waals surface area (Å²) in [6.45, 7) is 0. The van der Waals surface area contributed by atoms with E-state index in [1.165, 1.54) is 0 Å². The maximum atomic E-state index is 15.8. The van der Waals surface area contributed by atoms with Gasteiger partial charge in [0, 0.05) is 16.3 Å². The van der Waals surface area contributed by atoms with Crippen molar-refractivity contribution in [2.75, 3.05) is 0 Å². The summed E-state index contributed by atoms with van der Waals surface area (Å²) in [6, 6.07) is 3.49. The van der Waals surface area contributed by atoms with Gasteiger partial charge in [-0.3, -0.25) is 0 Å². The second-order valence-corrected chi connectivity index (χ2v) is 10.4. The molecule has 2 nitrogen and oxygen atoms in total. The van der Waals surface area contributed by atoms with Gasteiger partial charge in [0.15, 0.2) is 93.1 Å². The van der Waals surface area contributed by atoms with Gasteiger partial charge < -0.3 is 9.31 Å². The lowest BCUT2D eigenvalue weighted by Gasteiger charge is -2.23. The molecule has 0 saturated carbocycles. The number of fused-ring (bicyclic) bond motifs is 2. The molecule has 0 spiro atoms. The first-order valence-electron chi connectivity index (χ1n) is 13.6. The van der Waals surface area contributed by atoms with Crippen molar-refractivity contribution >= 4 is 34.1 Å². The Balaban J connectivity index is 1.75. The van der Waals surface area contributed by atoms with Gasteiger partial charge in [0.1, 0.15) is 11.5 Å². The molecule has 0 heterocycles. The molecule has 0 saturated heterocycles. The smallest absolute Gasteiger partial charge is 0.521 e. The minimum atomic E-state index is -3.43. The Morgan fingerprint density at radius 3 is 1.02 bits per heavy atom. The average molecular weight is 756 g/mol. The topological polar surface area (TPSA) is 18.5 Å². The van der Waals surface area contributed by atoms with Gasteiger partial charge in [0.2, 0.25) is 5.82 Å². The van der Waals surface area contributed by atoms with Crippen molar-refractivity contribution in [3.05, 3.63) is 135 Å². The fraction of sp³-hybridized carbons (Fsp3) is 0. The van der Waals surface area contributed by atoms with Crippen LogP contribution in [0.4, 0.5) is 74.6 Å². The maximum Gasteiger partial charge on any atom is 0.636 e. The minimum Gasteiger partial charge on any atom is -0.521 e. The molecule has 0 radical (unpaired) electrons. The Labute approximate surface area is 276 Å². The molecule has 6 rings (SSSR count). The van der Waals surface area contributed by atoms with E-state index in [2.05, 4.69) is 0 Å². The summed E-state index contributed by atoms with van der Waals surface area (Å²) in [5.74, 6) is -47.8. The van der Waals surface area contributed by atoms with Crippen LogP contribution in [0.15, 0.2) is 36.4 Å². The van der Waals surface area contributed by atoms with E-state index < -0.39 is 156 Å². The molecule has 0 aliphatic carbocycles. The van der Waals surface area contributed by atoms with Gasteiger partial charge in [-0.15, -0.1) is 0 Å². The van der Waals surface area contributed by atoms with Gasteiger partial charge in [-0.2, -0.15) is 0 Å². The molecule has 0 N–H and O–H groups in total. The van der Waals surface area contributed by atoms with E-state index in [1.807, 2.05) is 0 Å². The van der Waals surface area contributed by atoms with E-state index in [4.69, 9.17) is 9.31 Å². The lowest BCUT2D eigenvalue weighted by atomic mass is 9.72. The lowest BCUT2D eigenvalue weighted by molar-refractivity contribution is 0.379. The highest BCUT2D eigenvalue weighted by atomic mass is 19.2. The molecule has 0 aliphatic heterocycles. The van der Waals surface area contributed by atoms with Gasteiger partial charge in [0.25, 0.3) is 0 Å². The van der Waals surface area contributed by atoms with Crippen LogP contribution in [0.25, 0.3) is 32.7 Å². The SMILES string of the molecule is Fc1c(F)c(F)c(-c2c(F)c(F)c(F)c(F)c2B(Oc2cccc3c(F)c(F)c(F)c(F)c23)Oc2cccc3c(F)c(F)c(F)c(F)c23)c(F)c1F. The predicted octanol–water partition coefficient (Wildman–Crippen LogP) is 9.88. The summed E-state index contributed by atoms with van der Waals surface area (Å²) < 4.78 is 260. The molecule has 0 atom stereocenters. The standard InChI is InChI=1S/C32H6BF17O2/c34-16-7-3-1-5-9(11(7)18(36)26(44)24(16)42)51-33(52-10-6-2-4-8-12(10)19(37)27(45)25(43)17(8)35)15-13(20(38)28(46)31(49)23(15)41)14-21(39)29(47)32(50)30(48)22(14)40/h1-6H. The van der Waals surface area contributed by atoms with Crippen molar-refractivity contribution in [1.82, 2.24) is 0 Å². The molecule has 0 fully saturated rings. The third kappa shape index (κ3) is 5.21. The highest BCUT2D eigenvalue weighted by Crippen LogP contribution is 2.39. The van der Waals surface area contributed by atoms with Crippen molar-refractivity contribution in [2.45, 2.75) is 0 Å². The first kappa shape index (κ1) is 36.1. The Hall–Kier alpha value is -5.69. The van der Waals surface area contributed by atoms with Gasteiger partial charge in [-0.1, -0.05) is 24.3 Å². The Kier molecular flexibility index (Phi) is 8.90. The molecule has 0 aliphatic rings. The molecular formula is C32H6BF17O2. The maximum absolute atomic E-state index is 15.8. The van der Waals surface area contributed by atoms with Crippen molar-refractivity contribution in [3.8, 4) is 22.6 Å². The molecule has 20 heteroatoms. The Morgan fingerprint density at radius 1 is 0.308 bits per heavy atom. The second-order valence-electron chi connectivity index (χ2n) is 10.4. The Morgan fingerprint density at radius 2 is 0.615 bits per heavy atom. The quantitative estimate of drug-likeness (QED) is 0.0730. The summed E-state index contributed by atoms with van der Waals surface area (Å²) in [7, 11) is -3.43. The molecule has 0 bridgehead atoms. The van der Waals surface area contributed by atoms with E-state index in [0.717, 1.165) is 0 Å². The van der Waals surface area contributed by atoms with E-state index in [9.17, 15) is 48.3 Å². The number of halogens is 17. The third-order valence-electron chi connectivity index (χ3n) is 7.59. The fourth-order valence-electron chi connectivity index (χ4n) is 5.23. The lowest BCUT2D eigenvalue weighted by Crippen LogP contribution is -2.47. The molecule has 6 aromatic carbocycles. The van der Waals surface area contributed by atoms with Crippen LogP contribution in [0, 0.1) is 98.9 Å². The van der Waals surface area contributed by atoms with Crippen LogP contribution in [-0.4, -0.2) is 7.12 Å². The van der Waals surface area contributed by atoms with Crippen molar-refractivity contribution in [2.24, 2.45) is 0 Å². The van der Waals surface area contributed by atoms with Crippen molar-refractivity contribution in [1.29, 1.82) is 0 Å². The van der Waals surface area contributed by atoms with E-state index >= 15 is 26.3 Å². The van der Waals surface area contributed by atoms with Crippen molar-refractivity contribution in [3.63, 3.8) is 0 Å². The minimum absolute atomic E-state index is 0.489. The van der Waals surface area contributed by atoms with Gasteiger partial charge in [-0.25, -0.2) is 74.6 Å². The highest BCUT2D eigenvalue weighted by Gasteiger charge is 2.43. The number of benzene rings is 6. The number of hydrogen-bond acceptors (Lipinski definition) is 2. The highest BCUT2D eigenvalue weighted by molar-refractivity contribution is 6.65. The fourth-order valence-corrected chi connectivity index (χ4v) is 5.23. The number of hydrogen-bond donors (Lipinski definition) is 0. The zero-order valence-corrected chi connectivity index (χ0v) is 24.3. The van der Waals surface area contributed by atoms with Crippen LogP contribution in [0.1, 0.15) is 0 Å². The summed E-state index contributed by atoms with van der Waals surface area (Å²) in [5, 5.41) is -5.28. The van der Waals surface area contributed by atoms with Gasteiger partial charge in [0.05, 0.1) is 21.8 Å². The molecule has 0 unspecified atom stereocenters. The first-order chi connectivity index (χ1) is 24.4. The molecule has 0 amide bonds. The van der Waals surface area contributed by atoms with Crippen LogP contribution in [0.5, 0.6) is 11.5 Å². The van der Waals surface area contributed by atoms with Crippen LogP contribution >= 0.6 is 0 Å². The van der Waals surface area contributed by atoms with E-state index in [-0.39, 0.29) is 0 Å². The van der Waals surface area contributed by atoms with Gasteiger partial charge in [-0.05, 0) is 12.1 Å². The van der Waals surface area contributed by atoms with Crippen LogP contribution < -0.4 is 14.8 Å². The van der Waals surface area contributed by atoms with Crippen LogP contribution in [0.3, 0.4) is 0 Å². The second kappa shape index (κ2) is 12.8. The molecule has 52 heavy (non-hydrogen) atoms.